The van der Waals surface area contributed by atoms with Gasteiger partial charge in [-0.15, -0.1) is 0 Å². The van der Waals surface area contributed by atoms with Gasteiger partial charge in [-0.2, -0.15) is 10.1 Å². The van der Waals surface area contributed by atoms with Crippen molar-refractivity contribution in [2.24, 2.45) is 5.10 Å². The zero-order chi connectivity index (χ0) is 20.3. The van der Waals surface area contributed by atoms with Crippen molar-refractivity contribution in [2.45, 2.75) is 13.0 Å². The lowest BCUT2D eigenvalue weighted by Gasteiger charge is -2.16. The first-order valence-electron chi connectivity index (χ1n) is 8.24. The minimum atomic E-state index is -3.50. The summed E-state index contributed by atoms with van der Waals surface area (Å²) in [6, 6.07) is 4.88. The van der Waals surface area contributed by atoms with E-state index in [1.807, 2.05) is 6.92 Å². The van der Waals surface area contributed by atoms with Gasteiger partial charge >= 0.3 is 0 Å². The third-order valence-corrected chi connectivity index (χ3v) is 4.75. The Hall–Kier alpha value is -2.79. The maximum absolute atomic E-state index is 11.7. The number of benzene rings is 1. The van der Waals surface area contributed by atoms with Gasteiger partial charge in [0.25, 0.3) is 0 Å². The number of ether oxygens (including phenoxy) is 1. The van der Waals surface area contributed by atoms with Crippen molar-refractivity contribution in [3.63, 3.8) is 0 Å². The Balaban J connectivity index is 1.88. The minimum absolute atomic E-state index is 0.0301. The van der Waals surface area contributed by atoms with E-state index in [0.717, 1.165) is 12.0 Å². The molecule has 1 unspecified atom stereocenters. The molecule has 4 N–H and O–H groups in total. The van der Waals surface area contributed by atoms with Crippen molar-refractivity contribution in [1.82, 2.24) is 15.4 Å². The van der Waals surface area contributed by atoms with Crippen LogP contribution >= 0.6 is 11.6 Å². The van der Waals surface area contributed by atoms with E-state index in [1.54, 1.807) is 18.2 Å². The van der Waals surface area contributed by atoms with Crippen LogP contribution in [0.15, 0.2) is 29.5 Å². The van der Waals surface area contributed by atoms with E-state index in [9.17, 15) is 8.42 Å². The van der Waals surface area contributed by atoms with Gasteiger partial charge in [0.05, 0.1) is 49.2 Å². The zero-order valence-corrected chi connectivity index (χ0v) is 17.0. The van der Waals surface area contributed by atoms with E-state index in [1.165, 1.54) is 13.3 Å². The molecule has 1 aromatic heterocycles. The highest BCUT2D eigenvalue weighted by Crippen LogP contribution is 2.32. The number of rotatable bonds is 7. The van der Waals surface area contributed by atoms with Gasteiger partial charge in [-0.1, -0.05) is 11.6 Å². The maximum atomic E-state index is 11.7. The number of hydrogen-bond acceptors (Lipinski definition) is 9. The van der Waals surface area contributed by atoms with Gasteiger partial charge < -0.3 is 20.8 Å². The Labute approximate surface area is 167 Å². The number of hydrogen-bond donors (Lipinski definition) is 4. The van der Waals surface area contributed by atoms with Crippen LogP contribution in [0.25, 0.3) is 0 Å². The highest BCUT2D eigenvalue weighted by molar-refractivity contribution is 7.92. The van der Waals surface area contributed by atoms with Crippen LogP contribution in [0.2, 0.25) is 5.02 Å². The van der Waals surface area contributed by atoms with Crippen LogP contribution in [0.1, 0.15) is 6.92 Å². The van der Waals surface area contributed by atoms with E-state index in [0.29, 0.717) is 35.4 Å². The summed E-state index contributed by atoms with van der Waals surface area (Å²) in [6.45, 7) is 2.52. The quantitative estimate of drug-likeness (QED) is 0.530. The number of methoxy groups -OCH3 is 1. The molecule has 0 aliphatic carbocycles. The fourth-order valence-corrected chi connectivity index (χ4v) is 3.20. The Morgan fingerprint density at radius 2 is 2.11 bits per heavy atom. The maximum Gasteiger partial charge on any atom is 0.229 e. The number of nitrogens with zero attached hydrogens (tertiary/aromatic N) is 3. The Bertz CT molecular complexity index is 1010. The molecular formula is C16H20ClN7O3S. The third-order valence-electron chi connectivity index (χ3n) is 3.88. The highest BCUT2D eigenvalue weighted by Gasteiger charge is 2.19. The summed E-state index contributed by atoms with van der Waals surface area (Å²) in [6.07, 6.45) is 2.52. The molecule has 1 atom stereocenters. The SMILES string of the molecule is COc1ccc(Nc2nc(NC3CNN=C3C)ncc2Cl)c(NS(C)(=O)=O)c1. The van der Waals surface area contributed by atoms with Crippen LogP contribution in [0, 0.1) is 0 Å². The van der Waals surface area contributed by atoms with Gasteiger partial charge in [0.15, 0.2) is 5.82 Å². The number of nitrogens with one attached hydrogen (secondary N) is 4. The molecular weight excluding hydrogens is 406 g/mol. The van der Waals surface area contributed by atoms with Crippen LogP contribution in [0.4, 0.5) is 23.1 Å². The lowest BCUT2D eigenvalue weighted by molar-refractivity contribution is 0.415. The second kappa shape index (κ2) is 8.07. The summed E-state index contributed by atoms with van der Waals surface area (Å²) in [5, 5.41) is 10.6. The molecule has 28 heavy (non-hydrogen) atoms. The Kier molecular flexibility index (Phi) is 5.75. The Morgan fingerprint density at radius 3 is 2.75 bits per heavy atom. The molecule has 150 valence electrons. The van der Waals surface area contributed by atoms with Crippen molar-refractivity contribution in [3.05, 3.63) is 29.4 Å². The van der Waals surface area contributed by atoms with E-state index in [-0.39, 0.29) is 11.1 Å². The predicted octanol–water partition coefficient (Wildman–Crippen LogP) is 2.01. The van der Waals surface area contributed by atoms with Crippen molar-refractivity contribution in [2.75, 3.05) is 35.3 Å². The zero-order valence-electron chi connectivity index (χ0n) is 15.4. The van der Waals surface area contributed by atoms with Crippen LogP contribution in [0.5, 0.6) is 5.75 Å². The molecule has 1 aromatic carbocycles. The summed E-state index contributed by atoms with van der Waals surface area (Å²) in [4.78, 5) is 8.57. The van der Waals surface area contributed by atoms with E-state index < -0.39 is 10.0 Å². The van der Waals surface area contributed by atoms with Crippen LogP contribution < -0.4 is 25.5 Å². The molecule has 3 rings (SSSR count). The fourth-order valence-electron chi connectivity index (χ4n) is 2.49. The summed E-state index contributed by atoms with van der Waals surface area (Å²) in [5.41, 5.74) is 4.55. The first-order chi connectivity index (χ1) is 13.2. The van der Waals surface area contributed by atoms with Crippen LogP contribution in [-0.4, -0.2) is 50.0 Å². The number of halogens is 1. The highest BCUT2D eigenvalue weighted by atomic mass is 35.5. The van der Waals surface area contributed by atoms with Crippen molar-refractivity contribution < 1.29 is 13.2 Å². The minimum Gasteiger partial charge on any atom is -0.497 e. The summed E-state index contributed by atoms with van der Waals surface area (Å²) in [5.74, 6) is 1.18. The molecule has 12 heteroatoms. The van der Waals surface area contributed by atoms with E-state index >= 15 is 0 Å². The first kappa shape index (κ1) is 20.0. The number of hydrazone groups is 1. The van der Waals surface area contributed by atoms with E-state index in [2.05, 4.69) is 35.9 Å². The Morgan fingerprint density at radius 1 is 1.32 bits per heavy atom. The second-order valence-corrected chi connectivity index (χ2v) is 8.27. The third kappa shape index (κ3) is 4.93. The lowest BCUT2D eigenvalue weighted by Crippen LogP contribution is -2.30. The summed E-state index contributed by atoms with van der Waals surface area (Å²) < 4.78 is 31.0. The molecule has 2 aromatic rings. The van der Waals surface area contributed by atoms with Crippen LogP contribution in [0.3, 0.4) is 0 Å². The molecule has 0 amide bonds. The topological polar surface area (TPSA) is 130 Å². The van der Waals surface area contributed by atoms with Gasteiger partial charge in [-0.05, 0) is 19.1 Å². The molecule has 0 spiro atoms. The summed E-state index contributed by atoms with van der Waals surface area (Å²) in [7, 11) is -2.01. The fraction of sp³-hybridized carbons (Fsp3) is 0.312. The number of anilines is 4. The molecule has 0 bridgehead atoms. The van der Waals surface area contributed by atoms with Gasteiger partial charge in [0.1, 0.15) is 10.8 Å². The molecule has 1 aliphatic heterocycles. The average Bonchev–Trinajstić information content (AvgIpc) is 3.02. The van der Waals surface area contributed by atoms with Crippen LogP contribution in [-0.2, 0) is 10.0 Å². The van der Waals surface area contributed by atoms with Gasteiger partial charge in [-0.25, -0.2) is 13.4 Å². The monoisotopic (exact) mass is 425 g/mol. The molecule has 0 saturated carbocycles. The first-order valence-corrected chi connectivity index (χ1v) is 10.5. The van der Waals surface area contributed by atoms with Crippen molar-refractivity contribution >= 4 is 50.5 Å². The summed E-state index contributed by atoms with van der Waals surface area (Å²) >= 11 is 6.22. The molecule has 0 radical (unpaired) electrons. The normalized spacial score (nSPS) is 16.1. The molecule has 1 aliphatic rings. The van der Waals surface area contributed by atoms with Gasteiger partial charge in [0, 0.05) is 6.07 Å². The van der Waals surface area contributed by atoms with Crippen molar-refractivity contribution in [1.29, 1.82) is 0 Å². The number of sulfonamides is 1. The second-order valence-electron chi connectivity index (χ2n) is 6.11. The van der Waals surface area contributed by atoms with E-state index in [4.69, 9.17) is 16.3 Å². The van der Waals surface area contributed by atoms with Gasteiger partial charge in [0.2, 0.25) is 16.0 Å². The molecule has 0 fully saturated rings. The standard InChI is InChI=1S/C16H20ClN7O3S/c1-9-14(8-19-23-9)21-16-18-7-11(17)15(22-16)20-12-5-4-10(27-2)6-13(12)24-28(3,25)26/h4-7,14,19,24H,8H2,1-3H3,(H2,18,20,21,22). The predicted molar refractivity (Wildman–Crippen MR) is 110 cm³/mol. The largest absolute Gasteiger partial charge is 0.497 e. The smallest absolute Gasteiger partial charge is 0.229 e. The van der Waals surface area contributed by atoms with Gasteiger partial charge in [-0.3, -0.25) is 4.72 Å². The van der Waals surface area contributed by atoms with Crippen molar-refractivity contribution in [3.8, 4) is 5.75 Å². The number of aromatic nitrogens is 2. The molecule has 10 nitrogen and oxygen atoms in total. The average molecular weight is 426 g/mol. The lowest BCUT2D eigenvalue weighted by atomic mass is 10.2. The molecule has 0 saturated heterocycles. The molecule has 2 heterocycles.